The van der Waals surface area contributed by atoms with Gasteiger partial charge in [-0.3, -0.25) is 4.79 Å². The molecule has 5 heteroatoms. The van der Waals surface area contributed by atoms with Gasteiger partial charge in [-0.25, -0.2) is 4.79 Å². The third-order valence-electron chi connectivity index (χ3n) is 4.16. The summed E-state index contributed by atoms with van der Waals surface area (Å²) in [6, 6.07) is 0.0638. The van der Waals surface area contributed by atoms with Crippen LogP contribution in [0.4, 0.5) is 4.79 Å². The molecule has 0 aromatic carbocycles. The fraction of sp³-hybridized carbons (Fsp3) is 0.875. The first-order chi connectivity index (χ1) is 9.86. The van der Waals surface area contributed by atoms with Gasteiger partial charge in [0.2, 0.25) is 0 Å². The number of carboxylic acids is 1. The molecule has 1 saturated carbocycles. The summed E-state index contributed by atoms with van der Waals surface area (Å²) in [7, 11) is 0. The van der Waals surface area contributed by atoms with Crippen LogP contribution in [0.25, 0.3) is 0 Å². The van der Waals surface area contributed by atoms with Crippen molar-refractivity contribution in [3.63, 3.8) is 0 Å². The van der Waals surface area contributed by atoms with E-state index in [4.69, 9.17) is 5.11 Å². The molecule has 21 heavy (non-hydrogen) atoms. The lowest BCUT2D eigenvalue weighted by molar-refractivity contribution is -0.138. The zero-order chi connectivity index (χ0) is 16.0. The summed E-state index contributed by atoms with van der Waals surface area (Å²) < 4.78 is 0. The van der Waals surface area contributed by atoms with Crippen molar-refractivity contribution in [2.75, 3.05) is 13.1 Å². The van der Waals surface area contributed by atoms with E-state index >= 15 is 0 Å². The predicted octanol–water partition coefficient (Wildman–Crippen LogP) is 3.19. The van der Waals surface area contributed by atoms with Crippen molar-refractivity contribution in [1.82, 2.24) is 9.80 Å². The lowest BCUT2D eigenvalue weighted by atomic mass is 10.1. The van der Waals surface area contributed by atoms with E-state index in [2.05, 4.69) is 13.8 Å². The Morgan fingerprint density at radius 3 is 2.19 bits per heavy atom. The highest BCUT2D eigenvalue weighted by Gasteiger charge is 2.32. The fourth-order valence-electron chi connectivity index (χ4n) is 3.16. The monoisotopic (exact) mass is 298 g/mol. The number of nitrogens with zero attached hydrogens (tertiary/aromatic N) is 2. The van der Waals surface area contributed by atoms with Crippen molar-refractivity contribution in [3.8, 4) is 0 Å². The van der Waals surface area contributed by atoms with E-state index < -0.39 is 5.97 Å². The maximum atomic E-state index is 12.9. The molecule has 0 radical (unpaired) electrons. The standard InChI is InChI=1S/C16H30N2O3/c1-5-17(13(4)10-15(19)20)16(21)18(11-12(2)3)14-8-6-7-9-14/h12-14H,5-11H2,1-4H3,(H,19,20). The van der Waals surface area contributed by atoms with Crippen LogP contribution in [-0.2, 0) is 4.79 Å². The number of rotatable bonds is 7. The molecule has 1 rings (SSSR count). The summed E-state index contributed by atoms with van der Waals surface area (Å²) in [6.45, 7) is 9.27. The smallest absolute Gasteiger partial charge is 0.320 e. The van der Waals surface area contributed by atoms with Crippen LogP contribution in [0.2, 0.25) is 0 Å². The number of amides is 2. The second kappa shape index (κ2) is 8.25. The molecule has 1 atom stereocenters. The van der Waals surface area contributed by atoms with Gasteiger partial charge in [-0.05, 0) is 32.6 Å². The van der Waals surface area contributed by atoms with Crippen LogP contribution in [0, 0.1) is 5.92 Å². The van der Waals surface area contributed by atoms with E-state index in [1.807, 2.05) is 18.7 Å². The molecule has 0 aromatic rings. The van der Waals surface area contributed by atoms with Crippen LogP contribution in [-0.4, -0.2) is 52.1 Å². The van der Waals surface area contributed by atoms with E-state index in [0.29, 0.717) is 18.5 Å². The summed E-state index contributed by atoms with van der Waals surface area (Å²) in [5.41, 5.74) is 0. The fourth-order valence-corrected chi connectivity index (χ4v) is 3.16. The normalized spacial score (nSPS) is 17.0. The minimum atomic E-state index is -0.856. The van der Waals surface area contributed by atoms with Crippen molar-refractivity contribution in [2.45, 2.75) is 71.9 Å². The Labute approximate surface area is 128 Å². The highest BCUT2D eigenvalue weighted by atomic mass is 16.4. The zero-order valence-electron chi connectivity index (χ0n) is 13.8. The number of carbonyl (C=O) groups is 2. The molecule has 1 fully saturated rings. The summed E-state index contributed by atoms with van der Waals surface area (Å²) in [4.78, 5) is 27.5. The topological polar surface area (TPSA) is 60.9 Å². The predicted molar refractivity (Wildman–Crippen MR) is 83.3 cm³/mol. The van der Waals surface area contributed by atoms with Gasteiger partial charge in [0.05, 0.1) is 6.42 Å². The highest BCUT2D eigenvalue weighted by Crippen LogP contribution is 2.26. The first kappa shape index (κ1) is 17.8. The Bertz CT molecular complexity index is 351. The van der Waals surface area contributed by atoms with Gasteiger partial charge in [-0.15, -0.1) is 0 Å². The quantitative estimate of drug-likeness (QED) is 0.785. The third kappa shape index (κ3) is 5.21. The number of carboxylic acid groups (broad SMARTS) is 1. The largest absolute Gasteiger partial charge is 0.481 e. The summed E-state index contributed by atoms with van der Waals surface area (Å²) in [5.74, 6) is -0.437. The molecular weight excluding hydrogens is 268 g/mol. The van der Waals surface area contributed by atoms with Crippen LogP contribution in [0.1, 0.15) is 59.8 Å². The van der Waals surface area contributed by atoms with Gasteiger partial charge in [0.25, 0.3) is 0 Å². The second-order valence-corrected chi connectivity index (χ2v) is 6.50. The molecule has 2 amide bonds. The first-order valence-electron chi connectivity index (χ1n) is 8.15. The molecule has 1 unspecified atom stereocenters. The molecule has 122 valence electrons. The summed E-state index contributed by atoms with van der Waals surface area (Å²) >= 11 is 0. The Balaban J connectivity index is 2.82. The Kier molecular flexibility index (Phi) is 6.99. The Morgan fingerprint density at radius 2 is 1.76 bits per heavy atom. The van der Waals surface area contributed by atoms with Crippen molar-refractivity contribution >= 4 is 12.0 Å². The van der Waals surface area contributed by atoms with Crippen LogP contribution >= 0.6 is 0 Å². The lowest BCUT2D eigenvalue weighted by Gasteiger charge is -2.37. The SMILES string of the molecule is CCN(C(=O)N(CC(C)C)C1CCCC1)C(C)CC(=O)O. The molecule has 0 aromatic heterocycles. The average Bonchev–Trinajstić information content (AvgIpc) is 2.89. The molecule has 1 aliphatic carbocycles. The zero-order valence-corrected chi connectivity index (χ0v) is 13.8. The number of aliphatic carboxylic acids is 1. The number of carbonyl (C=O) groups excluding carboxylic acids is 1. The van der Waals surface area contributed by atoms with Gasteiger partial charge in [-0.2, -0.15) is 0 Å². The first-order valence-corrected chi connectivity index (χ1v) is 8.15. The average molecular weight is 298 g/mol. The molecule has 0 aliphatic heterocycles. The van der Waals surface area contributed by atoms with Gasteiger partial charge < -0.3 is 14.9 Å². The third-order valence-corrected chi connectivity index (χ3v) is 4.16. The van der Waals surface area contributed by atoms with Crippen LogP contribution in [0.5, 0.6) is 0 Å². The van der Waals surface area contributed by atoms with E-state index in [1.165, 1.54) is 12.8 Å². The molecular formula is C16H30N2O3. The van der Waals surface area contributed by atoms with Crippen LogP contribution < -0.4 is 0 Å². The van der Waals surface area contributed by atoms with E-state index in [0.717, 1.165) is 19.4 Å². The molecule has 0 bridgehead atoms. The molecule has 1 N–H and O–H groups in total. The molecule has 0 spiro atoms. The minimum Gasteiger partial charge on any atom is -0.481 e. The summed E-state index contributed by atoms with van der Waals surface area (Å²) in [6.07, 6.45) is 4.51. The van der Waals surface area contributed by atoms with E-state index in [9.17, 15) is 9.59 Å². The molecule has 0 heterocycles. The van der Waals surface area contributed by atoms with E-state index in [1.54, 1.807) is 4.90 Å². The number of hydrogen-bond acceptors (Lipinski definition) is 2. The van der Waals surface area contributed by atoms with Crippen molar-refractivity contribution < 1.29 is 14.7 Å². The van der Waals surface area contributed by atoms with Crippen LogP contribution in [0.15, 0.2) is 0 Å². The molecule has 5 nitrogen and oxygen atoms in total. The second-order valence-electron chi connectivity index (χ2n) is 6.50. The van der Waals surface area contributed by atoms with Crippen molar-refractivity contribution in [1.29, 1.82) is 0 Å². The lowest BCUT2D eigenvalue weighted by Crippen LogP contribution is -2.51. The highest BCUT2D eigenvalue weighted by molar-refractivity contribution is 5.76. The molecule has 1 aliphatic rings. The minimum absolute atomic E-state index is 0.000233. The van der Waals surface area contributed by atoms with Gasteiger partial charge >= 0.3 is 12.0 Å². The van der Waals surface area contributed by atoms with Crippen LogP contribution in [0.3, 0.4) is 0 Å². The van der Waals surface area contributed by atoms with Gasteiger partial charge in [0, 0.05) is 25.2 Å². The van der Waals surface area contributed by atoms with Gasteiger partial charge in [0.1, 0.15) is 0 Å². The Hall–Kier alpha value is -1.26. The van der Waals surface area contributed by atoms with Gasteiger partial charge in [0.15, 0.2) is 0 Å². The maximum absolute atomic E-state index is 12.9. The van der Waals surface area contributed by atoms with E-state index in [-0.39, 0.29) is 18.5 Å². The Morgan fingerprint density at radius 1 is 1.19 bits per heavy atom. The van der Waals surface area contributed by atoms with Crippen molar-refractivity contribution in [3.05, 3.63) is 0 Å². The number of urea groups is 1. The number of hydrogen-bond donors (Lipinski definition) is 1. The molecule has 0 saturated heterocycles. The summed E-state index contributed by atoms with van der Waals surface area (Å²) in [5, 5.41) is 8.95. The maximum Gasteiger partial charge on any atom is 0.320 e. The van der Waals surface area contributed by atoms with Gasteiger partial charge in [-0.1, -0.05) is 26.7 Å². The van der Waals surface area contributed by atoms with Crippen molar-refractivity contribution in [2.24, 2.45) is 5.92 Å².